The number of imidazole rings is 1. The van der Waals surface area contributed by atoms with Gasteiger partial charge < -0.3 is 9.47 Å². The first-order valence-electron chi connectivity index (χ1n) is 6.17. The molecule has 5 heteroatoms. The van der Waals surface area contributed by atoms with Gasteiger partial charge in [0.25, 0.3) is 0 Å². The van der Waals surface area contributed by atoms with E-state index < -0.39 is 0 Å². The number of hydrogen-bond donors (Lipinski definition) is 0. The second-order valence-corrected chi connectivity index (χ2v) is 5.52. The van der Waals surface area contributed by atoms with Gasteiger partial charge in [-0.15, -0.1) is 0 Å². The van der Waals surface area contributed by atoms with E-state index in [2.05, 4.69) is 4.98 Å². The summed E-state index contributed by atoms with van der Waals surface area (Å²) in [6.45, 7) is 0. The van der Waals surface area contributed by atoms with Crippen LogP contribution in [0.4, 0.5) is 11.6 Å². The highest BCUT2D eigenvalue weighted by Gasteiger charge is 2.13. The van der Waals surface area contributed by atoms with Crippen LogP contribution in [0.1, 0.15) is 0 Å². The minimum absolute atomic E-state index is 0.609. The lowest BCUT2D eigenvalue weighted by atomic mass is 10.3. The fraction of sp³-hybridized carbons (Fsp3) is 0.133. The molecule has 1 aromatic heterocycles. The quantitative estimate of drug-likeness (QED) is 0.687. The molecule has 2 aromatic carbocycles. The lowest BCUT2D eigenvalue weighted by Crippen LogP contribution is -2.14. The van der Waals surface area contributed by atoms with Crippen molar-refractivity contribution in [3.63, 3.8) is 0 Å². The predicted molar refractivity (Wildman–Crippen MR) is 85.2 cm³/mol. The number of anilines is 2. The SMILES string of the molecule is CN(c1cc(Cl)cc(Cl)c1)c1nc2ccccc2n1C. The van der Waals surface area contributed by atoms with Crippen LogP contribution >= 0.6 is 23.2 Å². The Morgan fingerprint density at radius 1 is 1.05 bits per heavy atom. The zero-order valence-electron chi connectivity index (χ0n) is 11.1. The van der Waals surface area contributed by atoms with Crippen LogP contribution in [0.15, 0.2) is 42.5 Å². The average molecular weight is 306 g/mol. The summed E-state index contributed by atoms with van der Waals surface area (Å²) in [4.78, 5) is 6.62. The normalized spacial score (nSPS) is 11.0. The third kappa shape index (κ3) is 2.23. The molecule has 20 heavy (non-hydrogen) atoms. The zero-order valence-corrected chi connectivity index (χ0v) is 12.7. The van der Waals surface area contributed by atoms with E-state index in [1.807, 2.05) is 60.0 Å². The highest BCUT2D eigenvalue weighted by molar-refractivity contribution is 6.35. The number of halogens is 2. The van der Waals surface area contributed by atoms with Crippen molar-refractivity contribution >= 4 is 45.9 Å². The van der Waals surface area contributed by atoms with Crippen molar-refractivity contribution < 1.29 is 0 Å². The van der Waals surface area contributed by atoms with Gasteiger partial charge in [-0.1, -0.05) is 35.3 Å². The van der Waals surface area contributed by atoms with E-state index in [4.69, 9.17) is 23.2 Å². The van der Waals surface area contributed by atoms with Gasteiger partial charge in [-0.2, -0.15) is 0 Å². The van der Waals surface area contributed by atoms with Crippen molar-refractivity contribution in [3.8, 4) is 0 Å². The Kier molecular flexibility index (Phi) is 3.32. The van der Waals surface area contributed by atoms with Gasteiger partial charge in [0.1, 0.15) is 0 Å². The van der Waals surface area contributed by atoms with E-state index in [0.717, 1.165) is 22.7 Å². The summed E-state index contributed by atoms with van der Waals surface area (Å²) in [6.07, 6.45) is 0. The third-order valence-electron chi connectivity index (χ3n) is 3.30. The summed E-state index contributed by atoms with van der Waals surface area (Å²) in [5.74, 6) is 0.838. The third-order valence-corrected chi connectivity index (χ3v) is 3.73. The molecule has 3 aromatic rings. The number of benzene rings is 2. The second kappa shape index (κ2) is 5.00. The molecule has 3 nitrogen and oxygen atoms in total. The fourth-order valence-corrected chi connectivity index (χ4v) is 2.80. The summed E-state index contributed by atoms with van der Waals surface area (Å²) in [5, 5.41) is 1.22. The van der Waals surface area contributed by atoms with Crippen molar-refractivity contribution in [1.82, 2.24) is 9.55 Å². The maximum atomic E-state index is 6.06. The first-order chi connectivity index (χ1) is 9.56. The van der Waals surface area contributed by atoms with Crippen LogP contribution in [0.3, 0.4) is 0 Å². The van der Waals surface area contributed by atoms with E-state index >= 15 is 0 Å². The van der Waals surface area contributed by atoms with E-state index in [0.29, 0.717) is 10.0 Å². The molecule has 0 unspecified atom stereocenters. The Balaban J connectivity index is 2.12. The topological polar surface area (TPSA) is 21.1 Å². The number of para-hydroxylation sites is 2. The minimum atomic E-state index is 0.609. The first-order valence-corrected chi connectivity index (χ1v) is 6.93. The van der Waals surface area contributed by atoms with Crippen molar-refractivity contribution in [2.24, 2.45) is 7.05 Å². The molecule has 3 rings (SSSR count). The molecule has 0 saturated carbocycles. The molecule has 0 spiro atoms. The Morgan fingerprint density at radius 3 is 2.35 bits per heavy atom. The Bertz CT molecular complexity index is 760. The molecule has 0 N–H and O–H groups in total. The van der Waals surface area contributed by atoms with E-state index in [1.165, 1.54) is 0 Å². The zero-order chi connectivity index (χ0) is 14.3. The smallest absolute Gasteiger partial charge is 0.210 e. The van der Waals surface area contributed by atoms with Gasteiger partial charge in [0.05, 0.1) is 11.0 Å². The molecule has 0 aliphatic carbocycles. The average Bonchev–Trinajstić information content (AvgIpc) is 2.75. The predicted octanol–water partition coefficient (Wildman–Crippen LogP) is 4.65. The van der Waals surface area contributed by atoms with Crippen LogP contribution < -0.4 is 4.90 Å². The van der Waals surface area contributed by atoms with E-state index in [1.54, 1.807) is 6.07 Å². The largest absolute Gasteiger partial charge is 0.315 e. The molecular formula is C15H13Cl2N3. The maximum absolute atomic E-state index is 6.06. The van der Waals surface area contributed by atoms with Crippen LogP contribution in [0.2, 0.25) is 10.0 Å². The molecule has 0 aliphatic rings. The summed E-state index contributed by atoms with van der Waals surface area (Å²) in [6, 6.07) is 13.5. The van der Waals surface area contributed by atoms with Gasteiger partial charge in [-0.3, -0.25) is 0 Å². The van der Waals surface area contributed by atoms with Crippen LogP contribution in [-0.4, -0.2) is 16.6 Å². The fourth-order valence-electron chi connectivity index (χ4n) is 2.28. The molecular weight excluding hydrogens is 293 g/mol. The number of nitrogens with zero attached hydrogens (tertiary/aromatic N) is 3. The first kappa shape index (κ1) is 13.3. The number of aryl methyl sites for hydroxylation is 1. The summed E-state index contributed by atoms with van der Waals surface area (Å²) in [5.41, 5.74) is 2.95. The number of rotatable bonds is 2. The van der Waals surface area contributed by atoms with Gasteiger partial charge in [0.2, 0.25) is 5.95 Å². The van der Waals surface area contributed by atoms with Crippen LogP contribution in [0.5, 0.6) is 0 Å². The highest BCUT2D eigenvalue weighted by Crippen LogP contribution is 2.30. The Morgan fingerprint density at radius 2 is 1.70 bits per heavy atom. The molecule has 0 radical (unpaired) electrons. The lowest BCUT2D eigenvalue weighted by Gasteiger charge is -2.19. The van der Waals surface area contributed by atoms with Gasteiger partial charge in [0.15, 0.2) is 0 Å². The molecule has 0 saturated heterocycles. The van der Waals surface area contributed by atoms with Crippen LogP contribution in [0, 0.1) is 0 Å². The molecule has 102 valence electrons. The molecule has 1 heterocycles. The van der Waals surface area contributed by atoms with Crippen molar-refractivity contribution in [1.29, 1.82) is 0 Å². The molecule has 0 aliphatic heterocycles. The van der Waals surface area contributed by atoms with E-state index in [-0.39, 0.29) is 0 Å². The number of hydrogen-bond acceptors (Lipinski definition) is 2. The Hall–Kier alpha value is -1.71. The number of fused-ring (bicyclic) bond motifs is 1. The van der Waals surface area contributed by atoms with Crippen LogP contribution in [-0.2, 0) is 7.05 Å². The lowest BCUT2D eigenvalue weighted by molar-refractivity contribution is 0.910. The summed E-state index contributed by atoms with van der Waals surface area (Å²) in [7, 11) is 3.94. The molecule has 0 fully saturated rings. The standard InChI is InChI=1S/C15H13Cl2N3/c1-19(12-8-10(16)7-11(17)9-12)15-18-13-5-3-4-6-14(13)20(15)2/h3-9H,1-2H3. The van der Waals surface area contributed by atoms with Gasteiger partial charge in [-0.05, 0) is 30.3 Å². The van der Waals surface area contributed by atoms with Crippen LogP contribution in [0.25, 0.3) is 11.0 Å². The monoisotopic (exact) mass is 305 g/mol. The van der Waals surface area contributed by atoms with Crippen molar-refractivity contribution in [2.45, 2.75) is 0 Å². The Labute approximate surface area is 127 Å². The second-order valence-electron chi connectivity index (χ2n) is 4.65. The number of aromatic nitrogens is 2. The summed E-state index contributed by atoms with van der Waals surface area (Å²) < 4.78 is 2.05. The van der Waals surface area contributed by atoms with Gasteiger partial charge in [0, 0.05) is 29.8 Å². The molecule has 0 amide bonds. The summed E-state index contributed by atoms with van der Waals surface area (Å²) >= 11 is 12.1. The van der Waals surface area contributed by atoms with E-state index in [9.17, 15) is 0 Å². The minimum Gasteiger partial charge on any atom is -0.315 e. The highest BCUT2D eigenvalue weighted by atomic mass is 35.5. The maximum Gasteiger partial charge on any atom is 0.210 e. The molecule has 0 bridgehead atoms. The van der Waals surface area contributed by atoms with Gasteiger partial charge in [-0.25, -0.2) is 4.98 Å². The van der Waals surface area contributed by atoms with Crippen molar-refractivity contribution in [2.75, 3.05) is 11.9 Å². The molecule has 0 atom stereocenters. The van der Waals surface area contributed by atoms with Gasteiger partial charge >= 0.3 is 0 Å². The van der Waals surface area contributed by atoms with Crippen molar-refractivity contribution in [3.05, 3.63) is 52.5 Å².